The van der Waals surface area contributed by atoms with E-state index in [0.29, 0.717) is 5.69 Å². The molecule has 2 N–H and O–H groups in total. The number of nitrogen functional groups attached to an aromatic ring is 1. The van der Waals surface area contributed by atoms with Crippen LogP contribution in [0.1, 0.15) is 58.3 Å². The van der Waals surface area contributed by atoms with E-state index in [0.717, 1.165) is 23.7 Å². The minimum atomic E-state index is 0.697. The van der Waals surface area contributed by atoms with E-state index in [2.05, 4.69) is 19.6 Å². The molecule has 1 aromatic rings. The molecule has 3 heteroatoms. The van der Waals surface area contributed by atoms with Gasteiger partial charge in [-0.3, -0.25) is 0 Å². The molecule has 0 unspecified atom stereocenters. The second-order valence-electron chi connectivity index (χ2n) is 5.04. The summed E-state index contributed by atoms with van der Waals surface area (Å²) in [6.45, 7) is 3.04. The van der Waals surface area contributed by atoms with E-state index in [9.17, 15) is 0 Å². The molecule has 0 saturated heterocycles. The fourth-order valence-electron chi connectivity index (χ4n) is 2.04. The van der Waals surface area contributed by atoms with Gasteiger partial charge in [-0.2, -0.15) is 0 Å². The molecule has 0 saturated carbocycles. The van der Waals surface area contributed by atoms with Crippen LogP contribution in [0.5, 0.6) is 5.75 Å². The van der Waals surface area contributed by atoms with Gasteiger partial charge in [-0.25, -0.2) is 0 Å². The maximum absolute atomic E-state index is 5.70. The number of unbranched alkanes of at least 4 members (excludes halogenated alkanes) is 7. The number of nitrogens with two attached hydrogens (primary N) is 1. The molecule has 1 aromatic carbocycles. The number of ether oxygens (including phenoxy) is 1. The molecule has 108 valence electrons. The molecule has 0 amide bonds. The molecule has 0 aromatic heterocycles. The van der Waals surface area contributed by atoms with Crippen LogP contribution in [-0.2, 0) is 0 Å². The first-order valence-electron chi connectivity index (χ1n) is 7.45. The smallest absolute Gasteiger partial charge is 0.120 e. The average Bonchev–Trinajstić information content (AvgIpc) is 2.41. The summed E-state index contributed by atoms with van der Waals surface area (Å²) in [5, 5.41) is 0. The van der Waals surface area contributed by atoms with Crippen molar-refractivity contribution >= 4 is 18.3 Å². The molecule has 1 rings (SSSR count). The minimum Gasteiger partial charge on any atom is -0.494 e. The van der Waals surface area contributed by atoms with Gasteiger partial charge in [-0.05, 0) is 24.6 Å². The molecule has 2 nitrogen and oxygen atoms in total. The van der Waals surface area contributed by atoms with E-state index in [4.69, 9.17) is 10.5 Å². The summed E-state index contributed by atoms with van der Waals surface area (Å²) in [6.07, 6.45) is 10.6. The summed E-state index contributed by atoms with van der Waals surface area (Å²) in [5.74, 6) is 0.863. The Morgan fingerprint density at radius 3 is 2.26 bits per heavy atom. The fourth-order valence-corrected chi connectivity index (χ4v) is 2.24. The Balaban J connectivity index is 2.00. The number of benzene rings is 1. The average molecular weight is 281 g/mol. The van der Waals surface area contributed by atoms with E-state index >= 15 is 0 Å². The van der Waals surface area contributed by atoms with Crippen molar-refractivity contribution in [1.82, 2.24) is 0 Å². The van der Waals surface area contributed by atoms with Gasteiger partial charge in [0.1, 0.15) is 5.75 Å². The molecule has 0 radical (unpaired) electrons. The third kappa shape index (κ3) is 7.36. The van der Waals surface area contributed by atoms with E-state index in [1.165, 1.54) is 44.9 Å². The third-order valence-electron chi connectivity index (χ3n) is 3.27. The quantitative estimate of drug-likeness (QED) is 0.356. The normalized spacial score (nSPS) is 10.6. The van der Waals surface area contributed by atoms with Gasteiger partial charge in [-0.15, -0.1) is 12.6 Å². The highest BCUT2D eigenvalue weighted by Gasteiger charge is 1.98. The first-order chi connectivity index (χ1) is 9.24. The Morgan fingerprint density at radius 2 is 1.63 bits per heavy atom. The Labute approximate surface area is 123 Å². The summed E-state index contributed by atoms with van der Waals surface area (Å²) in [4.78, 5) is 0.786. The van der Waals surface area contributed by atoms with Crippen LogP contribution in [-0.4, -0.2) is 6.61 Å². The van der Waals surface area contributed by atoms with Crippen LogP contribution in [0.15, 0.2) is 23.1 Å². The van der Waals surface area contributed by atoms with Crippen molar-refractivity contribution in [2.24, 2.45) is 0 Å². The van der Waals surface area contributed by atoms with Gasteiger partial charge in [-0.1, -0.05) is 51.9 Å². The van der Waals surface area contributed by atoms with E-state index < -0.39 is 0 Å². The van der Waals surface area contributed by atoms with Crippen molar-refractivity contribution in [3.63, 3.8) is 0 Å². The number of hydrogen-bond donors (Lipinski definition) is 2. The van der Waals surface area contributed by atoms with Gasteiger partial charge in [0.2, 0.25) is 0 Å². The first kappa shape index (κ1) is 16.2. The predicted octanol–water partition coefficient (Wildman–Crippen LogP) is 5.08. The number of hydrogen-bond acceptors (Lipinski definition) is 3. The predicted molar refractivity (Wildman–Crippen MR) is 86.2 cm³/mol. The number of thiol groups is 1. The highest BCUT2D eigenvalue weighted by molar-refractivity contribution is 7.80. The van der Waals surface area contributed by atoms with Crippen molar-refractivity contribution < 1.29 is 4.74 Å². The monoisotopic (exact) mass is 281 g/mol. The standard InChI is InChI=1S/C16H27NOS/c1-2-3-4-5-6-7-8-9-12-18-14-10-11-15(17)16(19)13-14/h10-11,13,19H,2-9,12,17H2,1H3. The molecule has 19 heavy (non-hydrogen) atoms. The summed E-state index contributed by atoms with van der Waals surface area (Å²) in [7, 11) is 0. The number of rotatable bonds is 10. The van der Waals surface area contributed by atoms with Crippen LogP contribution in [0.25, 0.3) is 0 Å². The summed E-state index contributed by atoms with van der Waals surface area (Å²) in [5.41, 5.74) is 6.40. The Bertz CT molecular complexity index is 355. The zero-order valence-electron chi connectivity index (χ0n) is 12.0. The second-order valence-corrected chi connectivity index (χ2v) is 5.53. The topological polar surface area (TPSA) is 35.2 Å². The molecule has 0 fully saturated rings. The van der Waals surface area contributed by atoms with Crippen LogP contribution >= 0.6 is 12.6 Å². The van der Waals surface area contributed by atoms with Crippen molar-refractivity contribution in [2.75, 3.05) is 12.3 Å². The van der Waals surface area contributed by atoms with Crippen LogP contribution in [0.2, 0.25) is 0 Å². The van der Waals surface area contributed by atoms with Gasteiger partial charge in [0.25, 0.3) is 0 Å². The molecular weight excluding hydrogens is 254 g/mol. The Hall–Kier alpha value is -0.830. The lowest BCUT2D eigenvalue weighted by atomic mass is 10.1. The van der Waals surface area contributed by atoms with Crippen LogP contribution < -0.4 is 10.5 Å². The lowest BCUT2D eigenvalue weighted by Gasteiger charge is -2.07. The van der Waals surface area contributed by atoms with Crippen LogP contribution in [0.4, 0.5) is 5.69 Å². The molecular formula is C16H27NOS. The van der Waals surface area contributed by atoms with Gasteiger partial charge >= 0.3 is 0 Å². The molecule has 0 aliphatic rings. The summed E-state index contributed by atoms with van der Waals surface area (Å²) in [6, 6.07) is 5.62. The molecule has 0 atom stereocenters. The molecule has 0 heterocycles. The van der Waals surface area contributed by atoms with Crippen molar-refractivity contribution in [1.29, 1.82) is 0 Å². The molecule has 0 bridgehead atoms. The maximum atomic E-state index is 5.70. The largest absolute Gasteiger partial charge is 0.494 e. The van der Waals surface area contributed by atoms with E-state index in [1.54, 1.807) is 0 Å². The van der Waals surface area contributed by atoms with Crippen LogP contribution in [0.3, 0.4) is 0 Å². The van der Waals surface area contributed by atoms with Gasteiger partial charge < -0.3 is 10.5 Å². The van der Waals surface area contributed by atoms with E-state index in [-0.39, 0.29) is 0 Å². The lowest BCUT2D eigenvalue weighted by Crippen LogP contribution is -1.98. The highest BCUT2D eigenvalue weighted by atomic mass is 32.1. The fraction of sp³-hybridized carbons (Fsp3) is 0.625. The second kappa shape index (κ2) is 10.0. The van der Waals surface area contributed by atoms with Gasteiger partial charge in [0, 0.05) is 10.6 Å². The van der Waals surface area contributed by atoms with Crippen molar-refractivity contribution in [3.8, 4) is 5.75 Å². The molecule has 0 spiro atoms. The van der Waals surface area contributed by atoms with Crippen molar-refractivity contribution in [3.05, 3.63) is 18.2 Å². The van der Waals surface area contributed by atoms with Crippen LogP contribution in [0, 0.1) is 0 Å². The third-order valence-corrected chi connectivity index (χ3v) is 3.66. The minimum absolute atomic E-state index is 0.697. The molecule has 0 aliphatic carbocycles. The highest BCUT2D eigenvalue weighted by Crippen LogP contribution is 2.22. The Morgan fingerprint density at radius 1 is 1.00 bits per heavy atom. The molecule has 0 aliphatic heterocycles. The maximum Gasteiger partial charge on any atom is 0.120 e. The van der Waals surface area contributed by atoms with E-state index in [1.807, 2.05) is 18.2 Å². The van der Waals surface area contributed by atoms with Gasteiger partial charge in [0.15, 0.2) is 0 Å². The summed E-state index contributed by atoms with van der Waals surface area (Å²) >= 11 is 4.28. The SMILES string of the molecule is CCCCCCCCCCOc1ccc(N)c(S)c1. The Kier molecular flexibility index (Phi) is 8.55. The zero-order chi connectivity index (χ0) is 13.9. The number of anilines is 1. The first-order valence-corrected chi connectivity index (χ1v) is 7.90. The zero-order valence-corrected chi connectivity index (χ0v) is 12.9. The summed E-state index contributed by atoms with van der Waals surface area (Å²) < 4.78 is 5.68. The lowest BCUT2D eigenvalue weighted by molar-refractivity contribution is 0.303. The van der Waals surface area contributed by atoms with Crippen molar-refractivity contribution in [2.45, 2.75) is 63.2 Å². The van der Waals surface area contributed by atoms with Gasteiger partial charge in [0.05, 0.1) is 6.61 Å².